The van der Waals surface area contributed by atoms with Crippen LogP contribution in [-0.2, 0) is 15.6 Å². The number of fused-ring (bicyclic) bond motifs is 1. The topological polar surface area (TPSA) is 37.4 Å². The molecule has 108 valence electrons. The lowest BCUT2D eigenvalue weighted by molar-refractivity contribution is -0.0505. The van der Waals surface area contributed by atoms with Crippen LogP contribution in [0.5, 0.6) is 0 Å². The number of sulfonamides is 1. The minimum atomic E-state index is -3.07. The first-order valence-corrected chi connectivity index (χ1v) is 9.23. The highest BCUT2D eigenvalue weighted by Crippen LogP contribution is 2.56. The van der Waals surface area contributed by atoms with E-state index in [2.05, 4.69) is 12.1 Å². The first kappa shape index (κ1) is 12.8. The molecule has 3 fully saturated rings. The molecular weight excluding hydrogens is 270 g/mol. The van der Waals surface area contributed by atoms with Gasteiger partial charge in [-0.25, -0.2) is 8.42 Å². The number of hydrogen-bond acceptors (Lipinski definition) is 2. The van der Waals surface area contributed by atoms with Gasteiger partial charge in [0.1, 0.15) is 0 Å². The number of nitrogens with zero attached hydrogens (tertiary/aromatic N) is 1. The van der Waals surface area contributed by atoms with E-state index in [9.17, 15) is 8.42 Å². The maximum atomic E-state index is 12.7. The summed E-state index contributed by atoms with van der Waals surface area (Å²) in [6.45, 7) is 0.744. The lowest BCUT2D eigenvalue weighted by Gasteiger charge is -2.60. The molecule has 0 radical (unpaired) electrons. The monoisotopic (exact) mass is 291 g/mol. The summed E-state index contributed by atoms with van der Waals surface area (Å²) in [6.07, 6.45) is 6.26. The number of rotatable bonds is 3. The summed E-state index contributed by atoms with van der Waals surface area (Å²) in [4.78, 5) is 0. The Labute approximate surface area is 121 Å². The molecule has 2 aliphatic carbocycles. The molecule has 20 heavy (non-hydrogen) atoms. The van der Waals surface area contributed by atoms with E-state index >= 15 is 0 Å². The first-order valence-electron chi connectivity index (χ1n) is 7.73. The smallest absolute Gasteiger partial charge is 0.212 e. The van der Waals surface area contributed by atoms with E-state index in [4.69, 9.17) is 0 Å². The van der Waals surface area contributed by atoms with Gasteiger partial charge in [-0.15, -0.1) is 0 Å². The van der Waals surface area contributed by atoms with Crippen molar-refractivity contribution in [3.05, 3.63) is 35.9 Å². The first-order chi connectivity index (χ1) is 9.65. The molecular formula is C16H21NO2S. The van der Waals surface area contributed by atoms with Crippen molar-refractivity contribution in [2.24, 2.45) is 5.92 Å². The van der Waals surface area contributed by atoms with Gasteiger partial charge < -0.3 is 0 Å². The third kappa shape index (κ3) is 1.64. The van der Waals surface area contributed by atoms with Crippen LogP contribution in [0, 0.1) is 5.92 Å². The summed E-state index contributed by atoms with van der Waals surface area (Å²) >= 11 is 0. The SMILES string of the molecule is O=S(=O)(C1CC1)N1CC2CCCCC21c1ccccc1. The van der Waals surface area contributed by atoms with E-state index in [1.54, 1.807) is 0 Å². The molecule has 1 heterocycles. The predicted molar refractivity (Wildman–Crippen MR) is 78.7 cm³/mol. The molecule has 0 bridgehead atoms. The Morgan fingerprint density at radius 1 is 1.05 bits per heavy atom. The molecule has 1 aromatic rings. The zero-order chi connectivity index (χ0) is 13.8. The van der Waals surface area contributed by atoms with Crippen LogP contribution in [0.4, 0.5) is 0 Å². The van der Waals surface area contributed by atoms with Gasteiger partial charge in [0.15, 0.2) is 0 Å². The largest absolute Gasteiger partial charge is 0.217 e. The molecule has 2 saturated carbocycles. The molecule has 0 spiro atoms. The predicted octanol–water partition coefficient (Wildman–Crippen LogP) is 2.88. The molecule has 3 nitrogen and oxygen atoms in total. The highest BCUT2D eigenvalue weighted by Gasteiger charge is 2.61. The number of hydrogen-bond donors (Lipinski definition) is 0. The second-order valence-corrected chi connectivity index (χ2v) is 8.65. The second-order valence-electron chi connectivity index (χ2n) is 6.51. The molecule has 4 rings (SSSR count). The third-order valence-electron chi connectivity index (χ3n) is 5.39. The van der Waals surface area contributed by atoms with Gasteiger partial charge >= 0.3 is 0 Å². The van der Waals surface area contributed by atoms with Crippen molar-refractivity contribution in [2.75, 3.05) is 6.54 Å². The van der Waals surface area contributed by atoms with Crippen LogP contribution >= 0.6 is 0 Å². The van der Waals surface area contributed by atoms with Crippen molar-refractivity contribution >= 4 is 10.0 Å². The van der Waals surface area contributed by atoms with E-state index in [1.807, 2.05) is 22.5 Å². The Morgan fingerprint density at radius 2 is 1.80 bits per heavy atom. The van der Waals surface area contributed by atoms with Crippen LogP contribution in [0.3, 0.4) is 0 Å². The molecule has 1 saturated heterocycles. The normalized spacial score (nSPS) is 34.3. The van der Waals surface area contributed by atoms with Crippen LogP contribution in [0.15, 0.2) is 30.3 Å². The van der Waals surface area contributed by atoms with Gasteiger partial charge in [-0.2, -0.15) is 4.31 Å². The van der Waals surface area contributed by atoms with E-state index in [0.29, 0.717) is 5.92 Å². The van der Waals surface area contributed by atoms with Crippen molar-refractivity contribution in [2.45, 2.75) is 49.3 Å². The number of benzene rings is 1. The van der Waals surface area contributed by atoms with E-state index in [1.165, 1.54) is 18.4 Å². The van der Waals surface area contributed by atoms with Crippen molar-refractivity contribution in [1.29, 1.82) is 0 Å². The minimum Gasteiger partial charge on any atom is -0.212 e. The quantitative estimate of drug-likeness (QED) is 0.858. The molecule has 0 N–H and O–H groups in total. The third-order valence-corrected chi connectivity index (χ3v) is 7.80. The Balaban J connectivity index is 1.78. The highest BCUT2D eigenvalue weighted by atomic mass is 32.2. The van der Waals surface area contributed by atoms with Gasteiger partial charge in [0, 0.05) is 6.54 Å². The Kier molecular flexibility index (Phi) is 2.77. The maximum absolute atomic E-state index is 12.7. The van der Waals surface area contributed by atoms with Gasteiger partial charge in [0.2, 0.25) is 10.0 Å². The van der Waals surface area contributed by atoms with Gasteiger partial charge in [0.25, 0.3) is 0 Å². The molecule has 2 atom stereocenters. The Hall–Kier alpha value is -0.870. The molecule has 1 aliphatic heterocycles. The maximum Gasteiger partial charge on any atom is 0.217 e. The van der Waals surface area contributed by atoms with Crippen molar-refractivity contribution in [1.82, 2.24) is 4.31 Å². The fourth-order valence-electron chi connectivity index (χ4n) is 4.18. The molecule has 2 unspecified atom stereocenters. The Morgan fingerprint density at radius 3 is 2.45 bits per heavy atom. The fourth-order valence-corrected chi connectivity index (χ4v) is 6.46. The van der Waals surface area contributed by atoms with E-state index < -0.39 is 10.0 Å². The summed E-state index contributed by atoms with van der Waals surface area (Å²) < 4.78 is 27.3. The van der Waals surface area contributed by atoms with E-state index in [-0.39, 0.29) is 10.8 Å². The zero-order valence-corrected chi connectivity index (χ0v) is 12.5. The lowest BCUT2D eigenvalue weighted by Crippen LogP contribution is -2.67. The van der Waals surface area contributed by atoms with Gasteiger partial charge in [0.05, 0.1) is 10.8 Å². The summed E-state index contributed by atoms with van der Waals surface area (Å²) in [5, 5.41) is -0.0917. The summed E-state index contributed by atoms with van der Waals surface area (Å²) in [5.41, 5.74) is 0.987. The van der Waals surface area contributed by atoms with Crippen LogP contribution in [-0.4, -0.2) is 24.5 Å². The second kappa shape index (κ2) is 4.31. The summed E-state index contributed by atoms with van der Waals surface area (Å²) in [6, 6.07) is 10.3. The molecule has 1 aromatic carbocycles. The van der Waals surface area contributed by atoms with Gasteiger partial charge in [-0.05, 0) is 37.2 Å². The fraction of sp³-hybridized carbons (Fsp3) is 0.625. The van der Waals surface area contributed by atoms with Crippen LogP contribution in [0.2, 0.25) is 0 Å². The van der Waals surface area contributed by atoms with Crippen molar-refractivity contribution < 1.29 is 8.42 Å². The molecule has 3 aliphatic rings. The lowest BCUT2D eigenvalue weighted by atomic mass is 9.63. The average Bonchev–Trinajstić information content (AvgIpc) is 3.26. The average molecular weight is 291 g/mol. The zero-order valence-electron chi connectivity index (χ0n) is 11.7. The van der Waals surface area contributed by atoms with Crippen LogP contribution < -0.4 is 0 Å². The van der Waals surface area contributed by atoms with Gasteiger partial charge in [-0.3, -0.25) is 0 Å². The summed E-state index contributed by atoms with van der Waals surface area (Å²) in [7, 11) is -3.07. The molecule has 0 aromatic heterocycles. The Bertz CT molecular complexity index is 609. The van der Waals surface area contributed by atoms with Crippen molar-refractivity contribution in [3.63, 3.8) is 0 Å². The van der Waals surface area contributed by atoms with Crippen molar-refractivity contribution in [3.8, 4) is 0 Å². The van der Waals surface area contributed by atoms with Gasteiger partial charge in [-0.1, -0.05) is 43.2 Å². The highest BCUT2D eigenvalue weighted by molar-refractivity contribution is 7.90. The standard InChI is InChI=1S/C16H21NO2S/c18-20(19,15-9-10-15)17-12-14-8-4-5-11-16(14,17)13-6-2-1-3-7-13/h1-3,6-7,14-15H,4-5,8-12H2. The molecule has 4 heteroatoms. The van der Waals surface area contributed by atoms with E-state index in [0.717, 1.165) is 32.2 Å². The van der Waals surface area contributed by atoms with Crippen LogP contribution in [0.1, 0.15) is 44.1 Å². The summed E-state index contributed by atoms with van der Waals surface area (Å²) in [5.74, 6) is 0.521. The minimum absolute atomic E-state index is 0.0917. The van der Waals surface area contributed by atoms with Crippen LogP contribution in [0.25, 0.3) is 0 Å². The molecule has 0 amide bonds.